The Morgan fingerprint density at radius 3 is 2.76 bits per heavy atom. The lowest BCUT2D eigenvalue weighted by atomic mass is 10.2. The largest absolute Gasteiger partial charge is 0.366 e. The highest BCUT2D eigenvalue weighted by atomic mass is 16.5. The SMILES string of the molecule is Cn1cnnc1-c1cccc(NC(=O)COC(C)(C)C)c1. The quantitative estimate of drug-likeness (QED) is 0.936. The Bertz CT molecular complexity index is 629. The number of ether oxygens (including phenoxy) is 1. The summed E-state index contributed by atoms with van der Waals surface area (Å²) >= 11 is 0. The molecule has 0 unspecified atom stereocenters. The number of carbonyl (C=O) groups excluding carboxylic acids is 1. The Labute approximate surface area is 124 Å². The van der Waals surface area contributed by atoms with E-state index < -0.39 is 0 Å². The van der Waals surface area contributed by atoms with Crippen LogP contribution in [0.1, 0.15) is 20.8 Å². The Kier molecular flexibility index (Phi) is 4.37. The average Bonchev–Trinajstić information content (AvgIpc) is 2.82. The Balaban J connectivity index is 2.05. The summed E-state index contributed by atoms with van der Waals surface area (Å²) in [7, 11) is 1.87. The summed E-state index contributed by atoms with van der Waals surface area (Å²) in [6, 6.07) is 7.48. The summed E-state index contributed by atoms with van der Waals surface area (Å²) in [6.07, 6.45) is 1.64. The van der Waals surface area contributed by atoms with Crippen LogP contribution < -0.4 is 5.32 Å². The van der Waals surface area contributed by atoms with Gasteiger partial charge in [0.1, 0.15) is 12.9 Å². The van der Waals surface area contributed by atoms with Gasteiger partial charge < -0.3 is 14.6 Å². The van der Waals surface area contributed by atoms with Crippen LogP contribution in [0.2, 0.25) is 0 Å². The van der Waals surface area contributed by atoms with Crippen LogP contribution in [-0.2, 0) is 16.6 Å². The molecule has 0 aliphatic heterocycles. The van der Waals surface area contributed by atoms with E-state index in [2.05, 4.69) is 15.5 Å². The van der Waals surface area contributed by atoms with E-state index in [0.29, 0.717) is 5.69 Å². The molecule has 1 N–H and O–H groups in total. The van der Waals surface area contributed by atoms with Crippen LogP contribution >= 0.6 is 0 Å². The van der Waals surface area contributed by atoms with E-state index in [-0.39, 0.29) is 18.1 Å². The minimum Gasteiger partial charge on any atom is -0.366 e. The first-order valence-electron chi connectivity index (χ1n) is 6.73. The van der Waals surface area contributed by atoms with Crippen molar-refractivity contribution >= 4 is 11.6 Å². The third-order valence-corrected chi connectivity index (χ3v) is 2.75. The summed E-state index contributed by atoms with van der Waals surface area (Å²) in [5.41, 5.74) is 1.26. The predicted octanol–water partition coefficient (Wildman–Crippen LogP) is 2.24. The van der Waals surface area contributed by atoms with E-state index in [9.17, 15) is 4.79 Å². The van der Waals surface area contributed by atoms with Crippen molar-refractivity contribution in [3.63, 3.8) is 0 Å². The van der Waals surface area contributed by atoms with Gasteiger partial charge >= 0.3 is 0 Å². The molecule has 2 rings (SSSR count). The smallest absolute Gasteiger partial charge is 0.250 e. The predicted molar refractivity (Wildman–Crippen MR) is 80.8 cm³/mol. The molecule has 0 aliphatic rings. The fourth-order valence-electron chi connectivity index (χ4n) is 1.76. The molecule has 1 amide bonds. The molecule has 0 spiro atoms. The van der Waals surface area contributed by atoms with Gasteiger partial charge in [0.15, 0.2) is 5.82 Å². The topological polar surface area (TPSA) is 69.0 Å². The van der Waals surface area contributed by atoms with Gasteiger partial charge in [0.25, 0.3) is 0 Å². The molecule has 6 nitrogen and oxygen atoms in total. The number of benzene rings is 1. The van der Waals surface area contributed by atoms with Gasteiger partial charge in [-0.15, -0.1) is 10.2 Å². The first-order valence-corrected chi connectivity index (χ1v) is 6.73. The lowest BCUT2D eigenvalue weighted by molar-refractivity contribution is -0.125. The second-order valence-electron chi connectivity index (χ2n) is 5.80. The highest BCUT2D eigenvalue weighted by molar-refractivity contribution is 5.92. The minimum atomic E-state index is -0.335. The molecule has 0 atom stereocenters. The van der Waals surface area contributed by atoms with Crippen LogP contribution in [0.25, 0.3) is 11.4 Å². The number of aromatic nitrogens is 3. The van der Waals surface area contributed by atoms with Crippen LogP contribution in [0.3, 0.4) is 0 Å². The fourth-order valence-corrected chi connectivity index (χ4v) is 1.76. The molecule has 0 radical (unpaired) electrons. The number of rotatable bonds is 4. The second kappa shape index (κ2) is 6.05. The molecule has 6 heteroatoms. The van der Waals surface area contributed by atoms with Crippen LogP contribution in [0, 0.1) is 0 Å². The number of nitrogens with one attached hydrogen (secondary N) is 1. The molecule has 0 bridgehead atoms. The van der Waals surface area contributed by atoms with Gasteiger partial charge in [0, 0.05) is 18.3 Å². The second-order valence-corrected chi connectivity index (χ2v) is 5.80. The van der Waals surface area contributed by atoms with E-state index in [1.807, 2.05) is 56.7 Å². The fraction of sp³-hybridized carbons (Fsp3) is 0.400. The van der Waals surface area contributed by atoms with Crippen molar-refractivity contribution in [1.29, 1.82) is 0 Å². The van der Waals surface area contributed by atoms with Crippen molar-refractivity contribution in [1.82, 2.24) is 14.8 Å². The summed E-state index contributed by atoms with van der Waals surface area (Å²) < 4.78 is 7.27. The summed E-state index contributed by atoms with van der Waals surface area (Å²) in [4.78, 5) is 11.9. The molecule has 1 aromatic heterocycles. The highest BCUT2D eigenvalue weighted by Gasteiger charge is 2.13. The number of aryl methyl sites for hydroxylation is 1. The molecule has 1 heterocycles. The van der Waals surface area contributed by atoms with Gasteiger partial charge in [0.2, 0.25) is 5.91 Å². The number of nitrogens with zero attached hydrogens (tertiary/aromatic N) is 3. The summed E-state index contributed by atoms with van der Waals surface area (Å²) in [5.74, 6) is 0.567. The zero-order chi connectivity index (χ0) is 15.5. The standard InChI is InChI=1S/C15H20N4O2/c1-15(2,3)21-9-13(20)17-12-7-5-6-11(8-12)14-18-16-10-19(14)4/h5-8,10H,9H2,1-4H3,(H,17,20). The molecular formula is C15H20N4O2. The van der Waals surface area contributed by atoms with E-state index in [1.54, 1.807) is 6.33 Å². The lowest BCUT2D eigenvalue weighted by Crippen LogP contribution is -2.27. The maximum atomic E-state index is 11.9. The van der Waals surface area contributed by atoms with Crippen molar-refractivity contribution in [3.8, 4) is 11.4 Å². The lowest BCUT2D eigenvalue weighted by Gasteiger charge is -2.19. The number of hydrogen-bond acceptors (Lipinski definition) is 4. The first-order chi connectivity index (χ1) is 9.85. The van der Waals surface area contributed by atoms with Crippen LogP contribution in [0.15, 0.2) is 30.6 Å². The average molecular weight is 288 g/mol. The molecule has 0 aliphatic carbocycles. The minimum absolute atomic E-state index is 0.0255. The first kappa shape index (κ1) is 15.2. The molecule has 21 heavy (non-hydrogen) atoms. The van der Waals surface area contributed by atoms with Crippen molar-refractivity contribution in [2.45, 2.75) is 26.4 Å². The number of amides is 1. The van der Waals surface area contributed by atoms with Gasteiger partial charge in [-0.3, -0.25) is 4.79 Å². The van der Waals surface area contributed by atoms with E-state index >= 15 is 0 Å². The molecule has 0 saturated heterocycles. The molecule has 1 aromatic carbocycles. The van der Waals surface area contributed by atoms with Crippen molar-refractivity contribution in [2.75, 3.05) is 11.9 Å². The van der Waals surface area contributed by atoms with Crippen molar-refractivity contribution in [3.05, 3.63) is 30.6 Å². The number of hydrogen-bond donors (Lipinski definition) is 1. The molecule has 0 fully saturated rings. The monoisotopic (exact) mass is 288 g/mol. The van der Waals surface area contributed by atoms with Crippen LogP contribution in [0.5, 0.6) is 0 Å². The maximum absolute atomic E-state index is 11.9. The number of anilines is 1. The van der Waals surface area contributed by atoms with Crippen LogP contribution in [0.4, 0.5) is 5.69 Å². The third kappa shape index (κ3) is 4.39. The van der Waals surface area contributed by atoms with Gasteiger partial charge in [-0.1, -0.05) is 12.1 Å². The van der Waals surface area contributed by atoms with Gasteiger partial charge in [-0.25, -0.2) is 0 Å². The van der Waals surface area contributed by atoms with Crippen LogP contribution in [-0.4, -0.2) is 32.9 Å². The Morgan fingerprint density at radius 2 is 2.14 bits per heavy atom. The van der Waals surface area contributed by atoms with E-state index in [0.717, 1.165) is 11.4 Å². The molecule has 2 aromatic rings. The van der Waals surface area contributed by atoms with Crippen molar-refractivity contribution in [2.24, 2.45) is 7.05 Å². The Hall–Kier alpha value is -2.21. The van der Waals surface area contributed by atoms with Gasteiger partial charge in [0.05, 0.1) is 5.60 Å². The molecule has 112 valence electrons. The molecule has 0 saturated carbocycles. The van der Waals surface area contributed by atoms with E-state index in [4.69, 9.17) is 4.74 Å². The summed E-state index contributed by atoms with van der Waals surface area (Å²) in [5, 5.41) is 10.7. The van der Waals surface area contributed by atoms with Gasteiger partial charge in [-0.2, -0.15) is 0 Å². The highest BCUT2D eigenvalue weighted by Crippen LogP contribution is 2.20. The third-order valence-electron chi connectivity index (χ3n) is 2.75. The Morgan fingerprint density at radius 1 is 1.38 bits per heavy atom. The molecular weight excluding hydrogens is 268 g/mol. The summed E-state index contributed by atoms with van der Waals surface area (Å²) in [6.45, 7) is 5.76. The number of carbonyl (C=O) groups is 1. The maximum Gasteiger partial charge on any atom is 0.250 e. The zero-order valence-electron chi connectivity index (χ0n) is 12.8. The van der Waals surface area contributed by atoms with E-state index in [1.165, 1.54) is 0 Å². The zero-order valence-corrected chi connectivity index (χ0v) is 12.8. The normalized spacial score (nSPS) is 11.4. The van der Waals surface area contributed by atoms with Crippen molar-refractivity contribution < 1.29 is 9.53 Å². The van der Waals surface area contributed by atoms with Gasteiger partial charge in [-0.05, 0) is 32.9 Å².